The van der Waals surface area contributed by atoms with Gasteiger partial charge < -0.3 is 19.5 Å². The minimum atomic E-state index is -0.428. The van der Waals surface area contributed by atoms with Crippen molar-refractivity contribution in [2.75, 3.05) is 12.4 Å². The molecule has 0 saturated heterocycles. The molecule has 0 unspecified atom stereocenters. The lowest BCUT2D eigenvalue weighted by Crippen LogP contribution is -2.14. The minimum absolute atomic E-state index is 0.114. The van der Waals surface area contributed by atoms with Gasteiger partial charge >= 0.3 is 5.97 Å². The third-order valence-electron chi connectivity index (χ3n) is 4.55. The summed E-state index contributed by atoms with van der Waals surface area (Å²) in [5.74, 6) is 1.04. The van der Waals surface area contributed by atoms with Crippen LogP contribution in [0.5, 0.6) is 17.2 Å². The second-order valence-electron chi connectivity index (χ2n) is 6.89. The van der Waals surface area contributed by atoms with Gasteiger partial charge in [-0.2, -0.15) is 0 Å². The van der Waals surface area contributed by atoms with Gasteiger partial charge in [-0.1, -0.05) is 42.5 Å². The van der Waals surface area contributed by atoms with Crippen molar-refractivity contribution in [3.63, 3.8) is 0 Å². The molecule has 3 aromatic rings. The summed E-state index contributed by atoms with van der Waals surface area (Å²) >= 11 is 0. The summed E-state index contributed by atoms with van der Waals surface area (Å²) in [5, 5.41) is 2.96. The van der Waals surface area contributed by atoms with E-state index in [-0.39, 0.29) is 12.3 Å². The maximum atomic E-state index is 12.5. The van der Waals surface area contributed by atoms with E-state index in [1.165, 1.54) is 14.0 Å². The molecule has 3 aromatic carbocycles. The summed E-state index contributed by atoms with van der Waals surface area (Å²) in [6.45, 7) is 1.68. The predicted octanol–water partition coefficient (Wildman–Crippen LogP) is 4.77. The van der Waals surface area contributed by atoms with E-state index in [0.717, 1.165) is 22.6 Å². The fraction of sp³-hybridized carbons (Fsp3) is 0.200. The Labute approximate surface area is 181 Å². The van der Waals surface area contributed by atoms with Gasteiger partial charge in [0.15, 0.2) is 11.5 Å². The summed E-state index contributed by atoms with van der Waals surface area (Å²) in [5.41, 5.74) is 2.48. The Morgan fingerprint density at radius 3 is 2.39 bits per heavy atom. The van der Waals surface area contributed by atoms with Crippen LogP contribution in [-0.2, 0) is 22.6 Å². The quantitative estimate of drug-likeness (QED) is 0.399. The summed E-state index contributed by atoms with van der Waals surface area (Å²) in [6, 6.07) is 22.4. The molecule has 0 spiro atoms. The number of anilines is 1. The highest BCUT2D eigenvalue weighted by molar-refractivity contribution is 5.91. The number of carbonyl (C=O) groups is 2. The molecule has 31 heavy (non-hydrogen) atoms. The van der Waals surface area contributed by atoms with Crippen LogP contribution in [0.15, 0.2) is 72.8 Å². The van der Waals surface area contributed by atoms with Gasteiger partial charge in [-0.25, -0.2) is 0 Å². The molecule has 0 atom stereocenters. The average molecular weight is 419 g/mol. The van der Waals surface area contributed by atoms with E-state index in [1.54, 1.807) is 12.1 Å². The van der Waals surface area contributed by atoms with Gasteiger partial charge in [0.1, 0.15) is 12.4 Å². The molecule has 3 rings (SSSR count). The largest absolute Gasteiger partial charge is 0.493 e. The molecule has 0 aliphatic heterocycles. The molecular formula is C25H25NO5. The molecule has 0 radical (unpaired) electrons. The number of rotatable bonds is 9. The van der Waals surface area contributed by atoms with Gasteiger partial charge in [-0.05, 0) is 42.3 Å². The number of hydrogen-bond acceptors (Lipinski definition) is 5. The van der Waals surface area contributed by atoms with Crippen molar-refractivity contribution in [2.45, 2.75) is 26.4 Å². The second kappa shape index (κ2) is 10.8. The zero-order chi connectivity index (χ0) is 22.1. The molecule has 0 saturated carbocycles. The van der Waals surface area contributed by atoms with Crippen LogP contribution < -0.4 is 19.5 Å². The van der Waals surface area contributed by atoms with Gasteiger partial charge in [0.2, 0.25) is 5.91 Å². The van der Waals surface area contributed by atoms with Gasteiger partial charge in [0.05, 0.1) is 7.11 Å². The van der Waals surface area contributed by atoms with E-state index in [0.29, 0.717) is 24.5 Å². The number of para-hydroxylation sites is 2. The fourth-order valence-corrected chi connectivity index (χ4v) is 3.03. The monoisotopic (exact) mass is 419 g/mol. The predicted molar refractivity (Wildman–Crippen MR) is 118 cm³/mol. The Kier molecular flexibility index (Phi) is 7.65. The van der Waals surface area contributed by atoms with E-state index < -0.39 is 5.97 Å². The SMILES string of the molecule is COc1ccc(CCC(=O)Nc2ccccc2COc2ccccc2)cc1OC(C)=O. The standard InChI is InChI=1S/C25H25NO5/c1-18(27)31-24-16-19(12-14-23(24)29-2)13-15-25(28)26-22-11-7-6-8-20(22)17-30-21-9-4-3-5-10-21/h3-12,14,16H,13,15,17H2,1-2H3,(H,26,28). The van der Waals surface area contributed by atoms with Crippen molar-refractivity contribution in [1.29, 1.82) is 0 Å². The molecule has 0 fully saturated rings. The van der Waals surface area contributed by atoms with Crippen molar-refractivity contribution in [1.82, 2.24) is 0 Å². The molecule has 6 nitrogen and oxygen atoms in total. The Morgan fingerprint density at radius 2 is 1.65 bits per heavy atom. The Balaban J connectivity index is 1.59. The highest BCUT2D eigenvalue weighted by Crippen LogP contribution is 2.29. The molecule has 0 bridgehead atoms. The lowest BCUT2D eigenvalue weighted by molar-refractivity contribution is -0.132. The first-order valence-corrected chi connectivity index (χ1v) is 9.96. The van der Waals surface area contributed by atoms with Crippen molar-refractivity contribution in [3.8, 4) is 17.2 Å². The van der Waals surface area contributed by atoms with E-state index in [1.807, 2.05) is 60.7 Å². The summed E-state index contributed by atoms with van der Waals surface area (Å²) < 4.78 is 16.2. The molecule has 0 aromatic heterocycles. The van der Waals surface area contributed by atoms with Gasteiger partial charge in [0.25, 0.3) is 0 Å². The van der Waals surface area contributed by atoms with Crippen molar-refractivity contribution < 1.29 is 23.8 Å². The first-order valence-electron chi connectivity index (χ1n) is 9.96. The van der Waals surface area contributed by atoms with Crippen LogP contribution in [0.1, 0.15) is 24.5 Å². The molecule has 1 amide bonds. The summed E-state index contributed by atoms with van der Waals surface area (Å²) in [4.78, 5) is 23.8. The number of nitrogens with one attached hydrogen (secondary N) is 1. The van der Waals surface area contributed by atoms with E-state index in [2.05, 4.69) is 5.32 Å². The lowest BCUT2D eigenvalue weighted by Gasteiger charge is -2.13. The zero-order valence-electron chi connectivity index (χ0n) is 17.6. The number of benzene rings is 3. The summed E-state index contributed by atoms with van der Waals surface area (Å²) in [7, 11) is 1.51. The third-order valence-corrected chi connectivity index (χ3v) is 4.55. The van der Waals surface area contributed by atoms with E-state index in [9.17, 15) is 9.59 Å². The van der Waals surface area contributed by atoms with Crippen LogP contribution in [0.3, 0.4) is 0 Å². The molecule has 0 aliphatic carbocycles. The molecule has 160 valence electrons. The first-order chi connectivity index (χ1) is 15.0. The normalized spacial score (nSPS) is 10.3. The van der Waals surface area contributed by atoms with Crippen molar-refractivity contribution in [2.24, 2.45) is 0 Å². The zero-order valence-corrected chi connectivity index (χ0v) is 17.6. The Morgan fingerprint density at radius 1 is 0.903 bits per heavy atom. The molecule has 1 N–H and O–H groups in total. The molecule has 6 heteroatoms. The maximum absolute atomic E-state index is 12.5. The Bertz CT molecular complexity index is 1030. The minimum Gasteiger partial charge on any atom is -0.493 e. The fourth-order valence-electron chi connectivity index (χ4n) is 3.03. The topological polar surface area (TPSA) is 73.9 Å². The van der Waals surface area contributed by atoms with Gasteiger partial charge in [-0.3, -0.25) is 9.59 Å². The van der Waals surface area contributed by atoms with Gasteiger partial charge in [-0.15, -0.1) is 0 Å². The van der Waals surface area contributed by atoms with E-state index in [4.69, 9.17) is 14.2 Å². The number of esters is 1. The Hall–Kier alpha value is -3.80. The second-order valence-corrected chi connectivity index (χ2v) is 6.89. The first kappa shape index (κ1) is 21.9. The number of ether oxygens (including phenoxy) is 3. The number of aryl methyl sites for hydroxylation is 1. The van der Waals surface area contributed by atoms with Crippen LogP contribution >= 0.6 is 0 Å². The highest BCUT2D eigenvalue weighted by Gasteiger charge is 2.11. The van der Waals surface area contributed by atoms with E-state index >= 15 is 0 Å². The lowest BCUT2D eigenvalue weighted by atomic mass is 10.1. The average Bonchev–Trinajstić information content (AvgIpc) is 2.77. The van der Waals surface area contributed by atoms with Gasteiger partial charge in [0, 0.05) is 24.6 Å². The van der Waals surface area contributed by atoms with Crippen LogP contribution in [0.4, 0.5) is 5.69 Å². The maximum Gasteiger partial charge on any atom is 0.308 e. The summed E-state index contributed by atoms with van der Waals surface area (Å²) in [6.07, 6.45) is 0.770. The smallest absolute Gasteiger partial charge is 0.308 e. The van der Waals surface area contributed by atoms with Crippen LogP contribution in [0.25, 0.3) is 0 Å². The highest BCUT2D eigenvalue weighted by atomic mass is 16.6. The van der Waals surface area contributed by atoms with Crippen molar-refractivity contribution >= 4 is 17.6 Å². The van der Waals surface area contributed by atoms with Crippen LogP contribution in [0, 0.1) is 0 Å². The number of amides is 1. The molecular weight excluding hydrogens is 394 g/mol. The van der Waals surface area contributed by atoms with Crippen molar-refractivity contribution in [3.05, 3.63) is 83.9 Å². The van der Waals surface area contributed by atoms with Crippen LogP contribution in [0.2, 0.25) is 0 Å². The number of carbonyl (C=O) groups excluding carboxylic acids is 2. The molecule has 0 aliphatic rings. The molecule has 0 heterocycles. The number of methoxy groups -OCH3 is 1. The van der Waals surface area contributed by atoms with Crippen LogP contribution in [-0.4, -0.2) is 19.0 Å². The third kappa shape index (κ3) is 6.60. The number of hydrogen-bond donors (Lipinski definition) is 1.